The summed E-state index contributed by atoms with van der Waals surface area (Å²) in [5.41, 5.74) is 2.06. The number of thiophene rings is 1. The zero-order valence-electron chi connectivity index (χ0n) is 18.3. The van der Waals surface area contributed by atoms with Crippen LogP contribution in [0.1, 0.15) is 23.8 Å². The van der Waals surface area contributed by atoms with Gasteiger partial charge in [-0.15, -0.1) is 11.3 Å². The maximum absolute atomic E-state index is 13.7. The maximum atomic E-state index is 13.7. The van der Waals surface area contributed by atoms with Crippen molar-refractivity contribution in [2.75, 3.05) is 11.1 Å². The standard InChI is InChI=1S/C25H21ClFN3O2S2/c1-14-7-9-17-20(11-14)34-23-22(17)24(32)30(16-5-3-2-4-6-16)25(29-23)33-13-21(31)28-19-10-8-15(27)12-18(19)26/h2-6,8,10,12,14H,7,9,11,13H2,1H3,(H,28,31). The first-order chi connectivity index (χ1) is 16.4. The number of benzene rings is 2. The lowest BCUT2D eigenvalue weighted by Crippen LogP contribution is -2.23. The van der Waals surface area contributed by atoms with Crippen molar-refractivity contribution in [3.63, 3.8) is 0 Å². The second-order valence-corrected chi connectivity index (χ2v) is 10.8. The Balaban J connectivity index is 1.50. The molecule has 0 saturated carbocycles. The van der Waals surface area contributed by atoms with Gasteiger partial charge in [-0.1, -0.05) is 48.5 Å². The Bertz CT molecular complexity index is 1450. The summed E-state index contributed by atoms with van der Waals surface area (Å²) in [5.74, 6) is -0.199. The van der Waals surface area contributed by atoms with Gasteiger partial charge in [-0.05, 0) is 61.1 Å². The monoisotopic (exact) mass is 513 g/mol. The Morgan fingerprint density at radius 3 is 2.85 bits per heavy atom. The third kappa shape index (κ3) is 4.50. The second-order valence-electron chi connectivity index (χ2n) is 8.36. The van der Waals surface area contributed by atoms with Gasteiger partial charge in [0.15, 0.2) is 5.16 Å². The van der Waals surface area contributed by atoms with Crippen molar-refractivity contribution >= 4 is 56.5 Å². The Morgan fingerprint density at radius 2 is 2.09 bits per heavy atom. The summed E-state index contributed by atoms with van der Waals surface area (Å²) < 4.78 is 14.9. The van der Waals surface area contributed by atoms with E-state index in [0.717, 1.165) is 35.7 Å². The zero-order valence-corrected chi connectivity index (χ0v) is 20.7. The summed E-state index contributed by atoms with van der Waals surface area (Å²) in [6.07, 6.45) is 2.91. The van der Waals surface area contributed by atoms with Gasteiger partial charge < -0.3 is 5.32 Å². The molecule has 5 nitrogen and oxygen atoms in total. The Labute approximate surface area is 209 Å². The van der Waals surface area contributed by atoms with Gasteiger partial charge in [0.05, 0.1) is 27.5 Å². The number of hydrogen-bond acceptors (Lipinski definition) is 5. The minimum Gasteiger partial charge on any atom is -0.324 e. The molecule has 1 unspecified atom stereocenters. The van der Waals surface area contributed by atoms with Crippen molar-refractivity contribution in [2.24, 2.45) is 5.92 Å². The van der Waals surface area contributed by atoms with Gasteiger partial charge in [-0.25, -0.2) is 9.37 Å². The summed E-state index contributed by atoms with van der Waals surface area (Å²) in [6, 6.07) is 13.1. The lowest BCUT2D eigenvalue weighted by molar-refractivity contribution is -0.113. The van der Waals surface area contributed by atoms with Crippen LogP contribution in [0.15, 0.2) is 58.5 Å². The van der Waals surface area contributed by atoms with Crippen molar-refractivity contribution in [1.82, 2.24) is 9.55 Å². The molecule has 0 spiro atoms. The van der Waals surface area contributed by atoms with Crippen LogP contribution in [-0.2, 0) is 17.6 Å². The van der Waals surface area contributed by atoms with E-state index in [2.05, 4.69) is 12.2 Å². The molecule has 1 aliphatic carbocycles. The Morgan fingerprint density at radius 1 is 1.29 bits per heavy atom. The van der Waals surface area contributed by atoms with Gasteiger partial charge in [-0.2, -0.15) is 0 Å². The summed E-state index contributed by atoms with van der Waals surface area (Å²) in [7, 11) is 0. The molecule has 174 valence electrons. The number of halogens is 2. The highest BCUT2D eigenvalue weighted by Crippen LogP contribution is 2.37. The highest BCUT2D eigenvalue weighted by molar-refractivity contribution is 7.99. The van der Waals surface area contributed by atoms with E-state index in [-0.39, 0.29) is 22.2 Å². The first-order valence-electron chi connectivity index (χ1n) is 10.9. The molecule has 2 aromatic carbocycles. The van der Waals surface area contributed by atoms with Crippen LogP contribution >= 0.6 is 34.7 Å². The molecule has 2 aromatic heterocycles. The topological polar surface area (TPSA) is 64.0 Å². The molecule has 0 fully saturated rings. The van der Waals surface area contributed by atoms with Gasteiger partial charge in [0, 0.05) is 4.88 Å². The third-order valence-electron chi connectivity index (χ3n) is 5.85. The van der Waals surface area contributed by atoms with E-state index in [1.165, 1.54) is 28.8 Å². The number of amides is 1. The first kappa shape index (κ1) is 23.1. The number of anilines is 1. The molecule has 1 amide bonds. The van der Waals surface area contributed by atoms with Crippen LogP contribution in [0.3, 0.4) is 0 Å². The second kappa shape index (κ2) is 9.52. The van der Waals surface area contributed by atoms with E-state index in [4.69, 9.17) is 16.6 Å². The minimum atomic E-state index is -0.477. The van der Waals surface area contributed by atoms with Crippen LogP contribution in [0.25, 0.3) is 15.9 Å². The number of rotatable bonds is 5. The van der Waals surface area contributed by atoms with Gasteiger partial charge >= 0.3 is 0 Å². The van der Waals surface area contributed by atoms with E-state index >= 15 is 0 Å². The molecule has 0 aliphatic heterocycles. The predicted octanol–water partition coefficient (Wildman–Crippen LogP) is 6.10. The molecule has 0 bridgehead atoms. The van der Waals surface area contributed by atoms with Crippen molar-refractivity contribution in [3.8, 4) is 5.69 Å². The number of carbonyl (C=O) groups is 1. The lowest BCUT2D eigenvalue weighted by Gasteiger charge is -2.17. The molecular weight excluding hydrogens is 493 g/mol. The molecule has 2 heterocycles. The van der Waals surface area contributed by atoms with E-state index in [9.17, 15) is 14.0 Å². The number of fused-ring (bicyclic) bond motifs is 3. The van der Waals surface area contributed by atoms with Gasteiger partial charge in [0.1, 0.15) is 10.6 Å². The summed E-state index contributed by atoms with van der Waals surface area (Å²) in [6.45, 7) is 2.23. The van der Waals surface area contributed by atoms with Crippen molar-refractivity contribution in [2.45, 2.75) is 31.3 Å². The third-order valence-corrected chi connectivity index (χ3v) is 8.25. The number of thioether (sulfide) groups is 1. The van der Waals surface area contributed by atoms with Crippen molar-refractivity contribution < 1.29 is 9.18 Å². The SMILES string of the molecule is CC1CCc2c(sc3nc(SCC(=O)Nc4ccc(F)cc4Cl)n(-c4ccccc4)c(=O)c23)C1. The van der Waals surface area contributed by atoms with Crippen LogP contribution in [-0.4, -0.2) is 21.2 Å². The molecule has 9 heteroatoms. The van der Waals surface area contributed by atoms with Gasteiger partial charge in [0.2, 0.25) is 5.91 Å². The molecule has 34 heavy (non-hydrogen) atoms. The summed E-state index contributed by atoms with van der Waals surface area (Å²) in [5, 5.41) is 3.97. The van der Waals surface area contributed by atoms with Crippen LogP contribution in [0.4, 0.5) is 10.1 Å². The van der Waals surface area contributed by atoms with Crippen LogP contribution in [0.2, 0.25) is 5.02 Å². The number of aromatic nitrogens is 2. The predicted molar refractivity (Wildman–Crippen MR) is 137 cm³/mol. The average molecular weight is 514 g/mol. The molecule has 5 rings (SSSR count). The van der Waals surface area contributed by atoms with E-state index < -0.39 is 5.82 Å². The van der Waals surface area contributed by atoms with E-state index in [1.807, 2.05) is 30.3 Å². The molecule has 1 aliphatic rings. The number of hydrogen-bond donors (Lipinski definition) is 1. The smallest absolute Gasteiger partial charge is 0.267 e. The highest BCUT2D eigenvalue weighted by atomic mass is 35.5. The maximum Gasteiger partial charge on any atom is 0.267 e. The first-order valence-corrected chi connectivity index (χ1v) is 13.1. The zero-order chi connectivity index (χ0) is 23.8. The van der Waals surface area contributed by atoms with Crippen LogP contribution in [0.5, 0.6) is 0 Å². The summed E-state index contributed by atoms with van der Waals surface area (Å²) in [4.78, 5) is 33.2. The van der Waals surface area contributed by atoms with Gasteiger partial charge in [0.25, 0.3) is 5.56 Å². The molecule has 1 atom stereocenters. The molecule has 0 radical (unpaired) electrons. The summed E-state index contributed by atoms with van der Waals surface area (Å²) >= 11 is 8.79. The molecule has 4 aromatic rings. The van der Waals surface area contributed by atoms with E-state index in [1.54, 1.807) is 15.9 Å². The quantitative estimate of drug-likeness (QED) is 0.259. The van der Waals surface area contributed by atoms with Crippen LogP contribution < -0.4 is 10.9 Å². The van der Waals surface area contributed by atoms with Crippen molar-refractivity contribution in [1.29, 1.82) is 0 Å². The molecular formula is C25H21ClFN3O2S2. The van der Waals surface area contributed by atoms with Crippen LogP contribution in [0, 0.1) is 11.7 Å². The fraction of sp³-hybridized carbons (Fsp3) is 0.240. The normalized spacial score (nSPS) is 15.3. The molecule has 0 saturated heterocycles. The average Bonchev–Trinajstić information content (AvgIpc) is 3.17. The molecule has 1 N–H and O–H groups in total. The highest BCUT2D eigenvalue weighted by Gasteiger charge is 2.25. The largest absolute Gasteiger partial charge is 0.324 e. The Kier molecular flexibility index (Phi) is 6.46. The minimum absolute atomic E-state index is 0.0145. The van der Waals surface area contributed by atoms with E-state index in [0.29, 0.717) is 27.8 Å². The number of nitrogens with one attached hydrogen (secondary N) is 1. The number of carbonyl (C=O) groups excluding carboxylic acids is 1. The fourth-order valence-corrected chi connectivity index (χ4v) is 6.63. The number of nitrogens with zero attached hydrogens (tertiary/aromatic N) is 2. The number of para-hydroxylation sites is 1. The van der Waals surface area contributed by atoms with Gasteiger partial charge in [-0.3, -0.25) is 14.2 Å². The lowest BCUT2D eigenvalue weighted by atomic mass is 9.89. The Hall–Kier alpha value is -2.68. The fourth-order valence-electron chi connectivity index (χ4n) is 4.18. The van der Waals surface area contributed by atoms with Crippen molar-refractivity contribution in [3.05, 3.63) is 80.2 Å². The number of aryl methyl sites for hydroxylation is 1.